The van der Waals surface area contributed by atoms with Crippen molar-refractivity contribution in [2.45, 2.75) is 20.8 Å². The molecule has 1 aliphatic rings. The zero-order valence-electron chi connectivity index (χ0n) is 17.7. The first-order valence-corrected chi connectivity index (χ1v) is 10.2. The molecule has 0 unspecified atom stereocenters. The van der Waals surface area contributed by atoms with Gasteiger partial charge in [0.15, 0.2) is 5.78 Å². The number of fused-ring (bicyclic) bond motifs is 3. The molecule has 5 nitrogen and oxygen atoms in total. The van der Waals surface area contributed by atoms with E-state index in [2.05, 4.69) is 11.9 Å². The lowest BCUT2D eigenvalue weighted by Gasteiger charge is -2.36. The summed E-state index contributed by atoms with van der Waals surface area (Å²) in [5.41, 5.74) is 6.64. The Kier molecular flexibility index (Phi) is 4.51. The molecule has 0 N–H and O–H groups in total. The molecule has 1 aliphatic heterocycles. The average molecular weight is 406 g/mol. The van der Waals surface area contributed by atoms with Crippen LogP contribution in [0, 0.1) is 13.8 Å². The number of benzene rings is 3. The van der Waals surface area contributed by atoms with E-state index in [0.29, 0.717) is 5.84 Å². The Labute approximate surface area is 181 Å². The summed E-state index contributed by atoms with van der Waals surface area (Å²) in [4.78, 5) is 19.4. The third kappa shape index (κ3) is 3.24. The number of hydrogen-bond donors (Lipinski definition) is 0. The molecule has 2 heterocycles. The Morgan fingerprint density at radius 3 is 2.10 bits per heavy atom. The number of amidine groups is 1. The number of rotatable bonds is 3. The fraction of sp³-hybridized carbons (Fsp3) is 0.115. The predicted octanol–water partition coefficient (Wildman–Crippen LogP) is 6.04. The van der Waals surface area contributed by atoms with Gasteiger partial charge >= 0.3 is 0 Å². The lowest BCUT2D eigenvalue weighted by atomic mass is 10.1. The van der Waals surface area contributed by atoms with Gasteiger partial charge in [-0.25, -0.2) is 5.01 Å². The highest BCUT2D eigenvalue weighted by Gasteiger charge is 2.32. The third-order valence-electron chi connectivity index (χ3n) is 5.47. The van der Waals surface area contributed by atoms with Crippen molar-refractivity contribution in [1.29, 1.82) is 0 Å². The molecule has 1 aromatic heterocycles. The van der Waals surface area contributed by atoms with Crippen molar-refractivity contribution in [3.05, 3.63) is 90.1 Å². The first-order valence-electron chi connectivity index (χ1n) is 10.2. The summed E-state index contributed by atoms with van der Waals surface area (Å²) >= 11 is 0. The van der Waals surface area contributed by atoms with E-state index in [-0.39, 0.29) is 5.78 Å². The molecule has 0 bridgehead atoms. The summed E-state index contributed by atoms with van der Waals surface area (Å²) < 4.78 is 0. The van der Waals surface area contributed by atoms with Crippen molar-refractivity contribution in [2.24, 2.45) is 5.10 Å². The van der Waals surface area contributed by atoms with E-state index in [9.17, 15) is 4.79 Å². The maximum atomic E-state index is 12.8. The molecule has 0 fully saturated rings. The summed E-state index contributed by atoms with van der Waals surface area (Å²) in [6.45, 7) is 5.65. The molecule has 0 saturated carbocycles. The lowest BCUT2D eigenvalue weighted by Crippen LogP contribution is -2.38. The molecule has 0 spiro atoms. The van der Waals surface area contributed by atoms with Crippen LogP contribution in [0.5, 0.6) is 0 Å². The van der Waals surface area contributed by atoms with Gasteiger partial charge in [-0.15, -0.1) is 5.10 Å². The fourth-order valence-electron chi connectivity index (χ4n) is 3.87. The average Bonchev–Trinajstić information content (AvgIpc) is 2.79. The molecule has 0 radical (unpaired) electrons. The van der Waals surface area contributed by atoms with Crippen molar-refractivity contribution >= 4 is 45.3 Å². The van der Waals surface area contributed by atoms with E-state index in [0.717, 1.165) is 39.2 Å². The molecular weight excluding hydrogens is 384 g/mol. The molecule has 152 valence electrons. The molecule has 0 amide bonds. The van der Waals surface area contributed by atoms with Crippen LogP contribution in [0.4, 0.5) is 22.7 Å². The largest absolute Gasteiger partial charge is 0.291 e. The van der Waals surface area contributed by atoms with E-state index < -0.39 is 0 Å². The van der Waals surface area contributed by atoms with Crippen LogP contribution < -0.4 is 9.91 Å². The molecule has 0 aliphatic carbocycles. The van der Waals surface area contributed by atoms with Crippen LogP contribution in [0.15, 0.2) is 84.1 Å². The van der Waals surface area contributed by atoms with Crippen molar-refractivity contribution in [3.8, 4) is 0 Å². The number of Topliss-reactive ketones (excluding diaryl/α,β-unsaturated/α-hetero) is 1. The number of carbonyl (C=O) groups excluding carboxylic acids is 1. The van der Waals surface area contributed by atoms with Gasteiger partial charge in [0.25, 0.3) is 0 Å². The van der Waals surface area contributed by atoms with Crippen LogP contribution in [0.25, 0.3) is 10.9 Å². The van der Waals surface area contributed by atoms with Crippen molar-refractivity contribution < 1.29 is 4.79 Å². The quantitative estimate of drug-likeness (QED) is 0.416. The Bertz CT molecular complexity index is 1320. The van der Waals surface area contributed by atoms with Gasteiger partial charge in [0.1, 0.15) is 0 Å². The van der Waals surface area contributed by atoms with E-state index in [1.54, 1.807) is 13.1 Å². The number of aromatic nitrogens is 1. The van der Waals surface area contributed by atoms with E-state index in [4.69, 9.17) is 5.10 Å². The number of aryl methyl sites for hydroxylation is 2. The second-order valence-electron chi connectivity index (χ2n) is 7.81. The monoisotopic (exact) mass is 406 g/mol. The highest BCUT2D eigenvalue weighted by molar-refractivity contribution is 6.46. The van der Waals surface area contributed by atoms with Crippen LogP contribution in [-0.4, -0.2) is 16.6 Å². The van der Waals surface area contributed by atoms with Crippen LogP contribution >= 0.6 is 0 Å². The highest BCUT2D eigenvalue weighted by Crippen LogP contribution is 2.45. The molecular formula is C26H22N4O. The molecule has 4 aromatic rings. The number of nitrogens with zero attached hydrogens (tertiary/aromatic N) is 4. The minimum absolute atomic E-state index is 0.115. The summed E-state index contributed by atoms with van der Waals surface area (Å²) in [5, 5.41) is 7.65. The number of anilines is 4. The molecule has 0 atom stereocenters. The fourth-order valence-corrected chi connectivity index (χ4v) is 3.87. The molecule has 3 aromatic carbocycles. The van der Waals surface area contributed by atoms with Crippen molar-refractivity contribution in [2.75, 3.05) is 9.91 Å². The van der Waals surface area contributed by atoms with Crippen LogP contribution in [0.2, 0.25) is 0 Å². The second-order valence-corrected chi connectivity index (χ2v) is 7.81. The number of hydrazone groups is 1. The van der Waals surface area contributed by atoms with E-state index in [1.807, 2.05) is 89.6 Å². The van der Waals surface area contributed by atoms with Gasteiger partial charge in [0, 0.05) is 24.2 Å². The topological polar surface area (TPSA) is 48.8 Å². The van der Waals surface area contributed by atoms with E-state index in [1.165, 1.54) is 5.56 Å². The Hall–Kier alpha value is -3.99. The predicted molar refractivity (Wildman–Crippen MR) is 126 cm³/mol. The Morgan fingerprint density at radius 2 is 1.45 bits per heavy atom. The first kappa shape index (κ1) is 19.0. The number of ketones is 1. The number of carbonyl (C=O) groups is 1. The minimum atomic E-state index is -0.115. The molecule has 31 heavy (non-hydrogen) atoms. The third-order valence-corrected chi connectivity index (χ3v) is 5.47. The Balaban J connectivity index is 1.83. The minimum Gasteiger partial charge on any atom is -0.291 e. The van der Waals surface area contributed by atoms with Gasteiger partial charge in [0.05, 0.1) is 22.6 Å². The zero-order valence-corrected chi connectivity index (χ0v) is 17.7. The number of pyridine rings is 1. The summed E-state index contributed by atoms with van der Waals surface area (Å²) in [6, 6.07) is 24.3. The molecule has 5 rings (SSSR count). The van der Waals surface area contributed by atoms with Crippen LogP contribution in [-0.2, 0) is 4.79 Å². The maximum Gasteiger partial charge on any atom is 0.201 e. The standard InChI is InChI=1S/C26H22N4O/c1-17-6-11-21(12-7-17)29-25-23(15-10-20-5-4-16-27-24(20)25)30(28-26(29)19(3)31)22-13-8-18(2)9-14-22/h4-16H,1-3H3. The first-order chi connectivity index (χ1) is 15.0. The van der Waals surface area contributed by atoms with Crippen LogP contribution in [0.1, 0.15) is 18.1 Å². The zero-order chi connectivity index (χ0) is 21.5. The SMILES string of the molecule is CC(=O)C1=NN(c2ccc(C)cc2)c2ccc3cccnc3c2N1c1ccc(C)cc1. The van der Waals surface area contributed by atoms with E-state index >= 15 is 0 Å². The number of hydrogen-bond acceptors (Lipinski definition) is 5. The summed E-state index contributed by atoms with van der Waals surface area (Å²) in [5.74, 6) is 0.242. The van der Waals surface area contributed by atoms with Gasteiger partial charge in [-0.2, -0.15) is 0 Å². The highest BCUT2D eigenvalue weighted by atomic mass is 16.1. The van der Waals surface area contributed by atoms with Gasteiger partial charge in [-0.3, -0.25) is 14.7 Å². The smallest absolute Gasteiger partial charge is 0.201 e. The summed E-state index contributed by atoms with van der Waals surface area (Å²) in [7, 11) is 0. The van der Waals surface area contributed by atoms with Crippen molar-refractivity contribution in [1.82, 2.24) is 4.98 Å². The normalized spacial score (nSPS) is 13.2. The molecule has 5 heteroatoms. The van der Waals surface area contributed by atoms with Gasteiger partial charge in [-0.1, -0.05) is 47.5 Å². The maximum absolute atomic E-state index is 12.8. The van der Waals surface area contributed by atoms with Crippen molar-refractivity contribution in [3.63, 3.8) is 0 Å². The Morgan fingerprint density at radius 1 is 0.806 bits per heavy atom. The lowest BCUT2D eigenvalue weighted by molar-refractivity contribution is -0.111. The van der Waals surface area contributed by atoms with Gasteiger partial charge in [-0.05, 0) is 50.2 Å². The van der Waals surface area contributed by atoms with Gasteiger partial charge < -0.3 is 0 Å². The second kappa shape index (κ2) is 7.36. The molecule has 0 saturated heterocycles. The van der Waals surface area contributed by atoms with Gasteiger partial charge in [0.2, 0.25) is 5.84 Å². The summed E-state index contributed by atoms with van der Waals surface area (Å²) in [6.07, 6.45) is 1.78. The van der Waals surface area contributed by atoms with Crippen LogP contribution in [0.3, 0.4) is 0 Å².